The molecule has 13 aromatic rings. The Kier molecular flexibility index (Phi) is 6.41. The summed E-state index contributed by atoms with van der Waals surface area (Å²) in [6.45, 7) is 0. The second-order valence-corrected chi connectivity index (χ2v) is 15.3. The largest absolute Gasteiger partial charge is 0.309 e. The number of rotatable bonds is 4. The summed E-state index contributed by atoms with van der Waals surface area (Å²) < 4.78 is 9.95. The van der Waals surface area contributed by atoms with Crippen LogP contribution in [0.2, 0.25) is 0 Å². The van der Waals surface area contributed by atoms with Crippen molar-refractivity contribution in [3.63, 3.8) is 0 Å². The van der Waals surface area contributed by atoms with Crippen LogP contribution in [-0.4, -0.2) is 18.3 Å². The summed E-state index contributed by atoms with van der Waals surface area (Å²) in [6, 6.07) is 75.5. The fourth-order valence-corrected chi connectivity index (χ4v) is 10.1. The van der Waals surface area contributed by atoms with Gasteiger partial charge in [0, 0.05) is 48.8 Å². The van der Waals surface area contributed by atoms with Gasteiger partial charge in [0.05, 0.1) is 61.2 Å². The van der Waals surface area contributed by atoms with Gasteiger partial charge >= 0.3 is 0 Å². The highest BCUT2D eigenvalue weighted by Gasteiger charge is 2.25. The van der Waals surface area contributed by atoms with Gasteiger partial charge in [-0.3, -0.25) is 0 Å². The first-order valence-corrected chi connectivity index (χ1v) is 20.0. The Balaban J connectivity index is 1.21. The van der Waals surface area contributed by atoms with E-state index in [0.29, 0.717) is 0 Å². The van der Waals surface area contributed by atoms with Gasteiger partial charge in [0.1, 0.15) is 0 Å². The Bertz CT molecular complexity index is 3740. The third-order valence-electron chi connectivity index (χ3n) is 12.3. The van der Waals surface area contributed by atoms with Crippen LogP contribution in [0, 0.1) is 0 Å². The molecule has 4 heterocycles. The van der Waals surface area contributed by atoms with E-state index in [1.165, 1.54) is 87.2 Å². The Labute approximate surface area is 333 Å². The van der Waals surface area contributed by atoms with Crippen molar-refractivity contribution in [3.05, 3.63) is 206 Å². The van der Waals surface area contributed by atoms with E-state index >= 15 is 0 Å². The average Bonchev–Trinajstić information content (AvgIpc) is 4.02. The molecule has 58 heavy (non-hydrogen) atoms. The molecular formula is C54H34N4. The van der Waals surface area contributed by atoms with Crippen molar-refractivity contribution in [2.24, 2.45) is 0 Å². The van der Waals surface area contributed by atoms with Crippen LogP contribution >= 0.6 is 0 Å². The maximum atomic E-state index is 2.54. The zero-order valence-corrected chi connectivity index (χ0v) is 31.4. The van der Waals surface area contributed by atoms with Gasteiger partial charge in [0.2, 0.25) is 0 Å². The highest BCUT2D eigenvalue weighted by molar-refractivity contribution is 6.20. The van der Waals surface area contributed by atoms with Crippen molar-refractivity contribution < 1.29 is 0 Å². The fourth-order valence-electron chi connectivity index (χ4n) is 10.1. The van der Waals surface area contributed by atoms with E-state index in [-0.39, 0.29) is 0 Å². The minimum absolute atomic E-state index is 1.14. The number of aromatic nitrogens is 4. The minimum atomic E-state index is 1.14. The first-order valence-electron chi connectivity index (χ1n) is 20.0. The van der Waals surface area contributed by atoms with Crippen molar-refractivity contribution in [3.8, 4) is 22.7 Å². The molecule has 0 unspecified atom stereocenters. The number of fused-ring (bicyclic) bond motifs is 12. The minimum Gasteiger partial charge on any atom is -0.309 e. The zero-order chi connectivity index (χ0) is 37.9. The lowest BCUT2D eigenvalue weighted by Gasteiger charge is -2.17. The SMILES string of the molecule is c1ccc(-n2c3ccccc3c3c(-n4c5ccccc5c5cccc(-n6c7ccccc7c7cccc(-n8c9ccccc9c9ccccc98)c76)c54)cccc32)cc1. The zero-order valence-electron chi connectivity index (χ0n) is 31.4. The van der Waals surface area contributed by atoms with E-state index in [9.17, 15) is 0 Å². The van der Waals surface area contributed by atoms with Gasteiger partial charge in [0.15, 0.2) is 0 Å². The second-order valence-electron chi connectivity index (χ2n) is 15.3. The first kappa shape index (κ1) is 31.4. The molecule has 0 bridgehead atoms. The lowest BCUT2D eigenvalue weighted by atomic mass is 10.1. The highest BCUT2D eigenvalue weighted by atomic mass is 15.1. The van der Waals surface area contributed by atoms with Crippen molar-refractivity contribution >= 4 is 87.2 Å². The maximum absolute atomic E-state index is 2.54. The van der Waals surface area contributed by atoms with E-state index in [0.717, 1.165) is 22.7 Å². The molecule has 0 fully saturated rings. The number of hydrogen-bond acceptors (Lipinski definition) is 0. The van der Waals surface area contributed by atoms with Crippen LogP contribution in [0.1, 0.15) is 0 Å². The van der Waals surface area contributed by atoms with Gasteiger partial charge in [-0.1, -0.05) is 140 Å². The van der Waals surface area contributed by atoms with Gasteiger partial charge in [-0.05, 0) is 66.7 Å². The Morgan fingerprint density at radius 3 is 1.10 bits per heavy atom. The lowest BCUT2D eigenvalue weighted by molar-refractivity contribution is 1.11. The molecule has 13 rings (SSSR count). The smallest absolute Gasteiger partial charge is 0.0783 e. The second kappa shape index (κ2) is 11.8. The van der Waals surface area contributed by atoms with E-state index in [4.69, 9.17) is 0 Å². The van der Waals surface area contributed by atoms with Crippen molar-refractivity contribution in [2.75, 3.05) is 0 Å². The molecule has 0 saturated heterocycles. The number of benzene rings is 9. The summed E-state index contributed by atoms with van der Waals surface area (Å²) in [5.41, 5.74) is 14.1. The van der Waals surface area contributed by atoms with Gasteiger partial charge in [-0.15, -0.1) is 0 Å². The highest BCUT2D eigenvalue weighted by Crippen LogP contribution is 2.45. The molecule has 9 aromatic carbocycles. The lowest BCUT2D eigenvalue weighted by Crippen LogP contribution is -2.03. The topological polar surface area (TPSA) is 19.7 Å². The molecule has 0 aliphatic heterocycles. The molecule has 0 atom stereocenters. The van der Waals surface area contributed by atoms with E-state index in [2.05, 4.69) is 225 Å². The van der Waals surface area contributed by atoms with Crippen LogP contribution in [0.3, 0.4) is 0 Å². The summed E-state index contributed by atoms with van der Waals surface area (Å²) in [5, 5.41) is 9.86. The Hall–Kier alpha value is -7.82. The predicted molar refractivity (Wildman–Crippen MR) is 244 cm³/mol. The van der Waals surface area contributed by atoms with Crippen LogP contribution in [0.4, 0.5) is 0 Å². The Morgan fingerprint density at radius 1 is 0.207 bits per heavy atom. The summed E-state index contributed by atoms with van der Waals surface area (Å²) in [6.07, 6.45) is 0. The van der Waals surface area contributed by atoms with E-state index in [1.54, 1.807) is 0 Å². The average molecular weight is 739 g/mol. The van der Waals surface area contributed by atoms with Crippen LogP contribution < -0.4 is 0 Å². The normalized spacial score (nSPS) is 12.1. The Morgan fingerprint density at radius 2 is 0.552 bits per heavy atom. The number of para-hydroxylation sites is 8. The monoisotopic (exact) mass is 738 g/mol. The maximum Gasteiger partial charge on any atom is 0.0783 e. The quantitative estimate of drug-likeness (QED) is 0.171. The molecule has 0 amide bonds. The standard InChI is InChI=1S/C54H34N4/c1-2-17-35(18-3-1)55-47-30-13-8-23-42(47)52-48(55)31-16-32-49(52)57-45-28-11-6-21-38(45)41-25-15-34-51(54(41)57)58-46-29-12-7-22-39(46)40-24-14-33-50(53(40)58)56-43-26-9-4-19-36(43)37-20-5-10-27-44(37)56/h1-34H. The molecule has 4 nitrogen and oxygen atoms in total. The molecule has 4 aromatic heterocycles. The predicted octanol–water partition coefficient (Wildman–Crippen LogP) is 14.1. The van der Waals surface area contributed by atoms with Crippen LogP contribution in [0.15, 0.2) is 206 Å². The fraction of sp³-hybridized carbons (Fsp3) is 0. The van der Waals surface area contributed by atoms with Gasteiger partial charge in [-0.2, -0.15) is 0 Å². The molecule has 4 heteroatoms. The van der Waals surface area contributed by atoms with Gasteiger partial charge in [-0.25, -0.2) is 0 Å². The third-order valence-corrected chi connectivity index (χ3v) is 12.3. The third kappa shape index (κ3) is 4.13. The molecule has 270 valence electrons. The summed E-state index contributed by atoms with van der Waals surface area (Å²) in [4.78, 5) is 0. The molecule has 0 radical (unpaired) electrons. The molecule has 0 aliphatic carbocycles. The molecule has 0 N–H and O–H groups in total. The van der Waals surface area contributed by atoms with Crippen molar-refractivity contribution in [2.45, 2.75) is 0 Å². The van der Waals surface area contributed by atoms with Crippen LogP contribution in [0.25, 0.3) is 110 Å². The van der Waals surface area contributed by atoms with Crippen LogP contribution in [0.5, 0.6) is 0 Å². The molecule has 0 spiro atoms. The van der Waals surface area contributed by atoms with Crippen molar-refractivity contribution in [1.82, 2.24) is 18.3 Å². The summed E-state index contributed by atoms with van der Waals surface area (Å²) in [7, 11) is 0. The first-order chi connectivity index (χ1) is 28.8. The van der Waals surface area contributed by atoms with Crippen molar-refractivity contribution in [1.29, 1.82) is 0 Å². The van der Waals surface area contributed by atoms with Gasteiger partial charge in [0.25, 0.3) is 0 Å². The summed E-state index contributed by atoms with van der Waals surface area (Å²) in [5.74, 6) is 0. The molecular weight excluding hydrogens is 705 g/mol. The van der Waals surface area contributed by atoms with E-state index < -0.39 is 0 Å². The number of hydrogen-bond donors (Lipinski definition) is 0. The van der Waals surface area contributed by atoms with E-state index in [1.807, 2.05) is 0 Å². The summed E-state index contributed by atoms with van der Waals surface area (Å²) >= 11 is 0. The number of nitrogens with zero attached hydrogens (tertiary/aromatic N) is 4. The van der Waals surface area contributed by atoms with Crippen LogP contribution in [-0.2, 0) is 0 Å². The van der Waals surface area contributed by atoms with Gasteiger partial charge < -0.3 is 18.3 Å². The molecule has 0 aliphatic rings. The molecule has 0 saturated carbocycles.